The molecule has 0 aliphatic carbocycles. The summed E-state index contributed by atoms with van der Waals surface area (Å²) in [5, 5.41) is 6.28. The number of alkyl halides is 3. The highest BCUT2D eigenvalue weighted by atomic mass is 35.5. The van der Waals surface area contributed by atoms with E-state index in [0.29, 0.717) is 16.2 Å². The van der Waals surface area contributed by atoms with Gasteiger partial charge in [0.25, 0.3) is 0 Å². The number of sulfonamides is 1. The molecule has 1 saturated heterocycles. The van der Waals surface area contributed by atoms with Gasteiger partial charge in [-0.15, -0.1) is 0 Å². The molecular weight excluding hydrogens is 535 g/mol. The van der Waals surface area contributed by atoms with Gasteiger partial charge in [0.15, 0.2) is 11.4 Å². The first kappa shape index (κ1) is 26.9. The number of rotatable bonds is 8. The quantitative estimate of drug-likeness (QED) is 0.422. The van der Waals surface area contributed by atoms with Crippen LogP contribution >= 0.6 is 11.6 Å². The second kappa shape index (κ2) is 11.1. The molecule has 9 nitrogen and oxygen atoms in total. The molecule has 198 valence electrons. The first-order chi connectivity index (χ1) is 17.5. The summed E-state index contributed by atoms with van der Waals surface area (Å²) in [6.45, 7) is 2.66. The third-order valence-electron chi connectivity index (χ3n) is 5.59. The fraction of sp³-hybridized carbons (Fsp3) is 0.304. The van der Waals surface area contributed by atoms with E-state index in [1.54, 1.807) is 0 Å². The van der Waals surface area contributed by atoms with E-state index >= 15 is 0 Å². The monoisotopic (exact) mass is 557 g/mol. The van der Waals surface area contributed by atoms with Gasteiger partial charge in [-0.25, -0.2) is 22.6 Å². The Morgan fingerprint density at radius 2 is 1.81 bits per heavy atom. The van der Waals surface area contributed by atoms with Crippen molar-refractivity contribution in [3.8, 4) is 11.4 Å². The summed E-state index contributed by atoms with van der Waals surface area (Å²) in [7, 11) is -3.87. The molecule has 0 atom stereocenters. The van der Waals surface area contributed by atoms with E-state index in [4.69, 9.17) is 16.3 Å². The van der Waals surface area contributed by atoms with Crippen LogP contribution in [0.15, 0.2) is 59.6 Å². The van der Waals surface area contributed by atoms with Crippen molar-refractivity contribution in [1.29, 1.82) is 0 Å². The Morgan fingerprint density at radius 3 is 2.49 bits per heavy atom. The normalized spacial score (nSPS) is 14.6. The van der Waals surface area contributed by atoms with E-state index in [1.807, 2.05) is 0 Å². The molecule has 37 heavy (non-hydrogen) atoms. The lowest BCUT2D eigenvalue weighted by Gasteiger charge is -2.15. The van der Waals surface area contributed by atoms with Crippen LogP contribution in [0.3, 0.4) is 0 Å². The third-order valence-corrected chi connectivity index (χ3v) is 7.30. The van der Waals surface area contributed by atoms with E-state index < -0.39 is 33.7 Å². The van der Waals surface area contributed by atoms with Gasteiger partial charge in [0.2, 0.25) is 10.0 Å². The number of ether oxygens (including phenoxy) is 1. The van der Waals surface area contributed by atoms with E-state index in [0.717, 1.165) is 32.1 Å². The van der Waals surface area contributed by atoms with Gasteiger partial charge in [0.1, 0.15) is 0 Å². The third kappa shape index (κ3) is 6.80. The number of nitrogens with one attached hydrogen (secondary N) is 2. The Morgan fingerprint density at radius 1 is 1.11 bits per heavy atom. The maximum absolute atomic E-state index is 13.8. The fourth-order valence-corrected chi connectivity index (χ4v) is 5.05. The van der Waals surface area contributed by atoms with Crippen LogP contribution < -0.4 is 14.8 Å². The molecule has 2 aromatic carbocycles. The molecule has 3 aromatic rings. The predicted octanol–water partition coefficient (Wildman–Crippen LogP) is 4.53. The summed E-state index contributed by atoms with van der Waals surface area (Å²) in [6, 6.07) is 10.8. The van der Waals surface area contributed by atoms with E-state index in [2.05, 4.69) is 20.0 Å². The molecule has 0 spiro atoms. The second-order valence-electron chi connectivity index (χ2n) is 8.23. The molecule has 0 saturated carbocycles. The summed E-state index contributed by atoms with van der Waals surface area (Å²) >= 11 is 5.80. The van der Waals surface area contributed by atoms with Gasteiger partial charge < -0.3 is 9.64 Å². The van der Waals surface area contributed by atoms with Crippen molar-refractivity contribution in [2.45, 2.75) is 23.9 Å². The summed E-state index contributed by atoms with van der Waals surface area (Å²) in [5.41, 5.74) is -1.23. The van der Waals surface area contributed by atoms with Gasteiger partial charge in [0.05, 0.1) is 16.8 Å². The van der Waals surface area contributed by atoms with Crippen molar-refractivity contribution in [3.63, 3.8) is 0 Å². The van der Waals surface area contributed by atoms with Crippen LogP contribution in [0, 0.1) is 0 Å². The van der Waals surface area contributed by atoms with E-state index in [-0.39, 0.29) is 22.8 Å². The number of likely N-dealkylation sites (tertiary alicyclic amines) is 1. The standard InChI is InChI=1S/C23H23ClF3N5O4S/c24-16-6-8-18(9-7-16)32-21(23(25,26)27)20(15-28-32)36-22(33)30-17-4-3-5-19(14-17)37(34,35)29-10-13-31-11-1-2-12-31/h3-9,14-15,29H,1-2,10-13H2,(H,30,33). The SMILES string of the molecule is O=C(Nc1cccc(S(=O)(=O)NCCN2CCCC2)c1)Oc1cnn(-c2ccc(Cl)cc2)c1C(F)(F)F. The molecule has 0 bridgehead atoms. The van der Waals surface area contributed by atoms with Crippen LogP contribution in [-0.4, -0.2) is 55.4 Å². The average molecular weight is 558 g/mol. The lowest BCUT2D eigenvalue weighted by molar-refractivity contribution is -0.143. The Bertz CT molecular complexity index is 1360. The Kier molecular flexibility index (Phi) is 8.07. The Labute approximate surface area is 216 Å². The van der Waals surface area contributed by atoms with Crippen molar-refractivity contribution in [3.05, 3.63) is 65.4 Å². The molecule has 1 fully saturated rings. The van der Waals surface area contributed by atoms with Crippen LogP contribution in [0.25, 0.3) is 5.69 Å². The van der Waals surface area contributed by atoms with Crippen molar-refractivity contribution in [2.75, 3.05) is 31.5 Å². The van der Waals surface area contributed by atoms with Crippen LogP contribution in [0.4, 0.5) is 23.7 Å². The topological polar surface area (TPSA) is 106 Å². The number of halogens is 4. The maximum atomic E-state index is 13.8. The first-order valence-corrected chi connectivity index (χ1v) is 13.1. The lowest BCUT2D eigenvalue weighted by Crippen LogP contribution is -2.33. The van der Waals surface area contributed by atoms with Crippen LogP contribution in [-0.2, 0) is 16.2 Å². The van der Waals surface area contributed by atoms with Crippen molar-refractivity contribution >= 4 is 33.4 Å². The first-order valence-electron chi connectivity index (χ1n) is 11.2. The summed E-state index contributed by atoms with van der Waals surface area (Å²) in [6.07, 6.45) is -3.22. The summed E-state index contributed by atoms with van der Waals surface area (Å²) in [4.78, 5) is 14.4. The minimum atomic E-state index is -4.90. The number of carbonyl (C=O) groups excluding carboxylic acids is 1. The molecule has 1 aromatic heterocycles. The van der Waals surface area contributed by atoms with Gasteiger partial charge in [-0.3, -0.25) is 5.32 Å². The highest BCUT2D eigenvalue weighted by molar-refractivity contribution is 7.89. The van der Waals surface area contributed by atoms with E-state index in [1.165, 1.54) is 48.5 Å². The minimum Gasteiger partial charge on any atom is -0.406 e. The highest BCUT2D eigenvalue weighted by Crippen LogP contribution is 2.38. The fourth-order valence-electron chi connectivity index (χ4n) is 3.86. The molecule has 14 heteroatoms. The Balaban J connectivity index is 1.45. The molecule has 0 radical (unpaired) electrons. The molecule has 2 heterocycles. The number of aromatic nitrogens is 2. The maximum Gasteiger partial charge on any atom is 0.437 e. The number of amides is 1. The number of anilines is 1. The molecule has 2 N–H and O–H groups in total. The number of carbonyl (C=O) groups is 1. The lowest BCUT2D eigenvalue weighted by atomic mass is 10.3. The number of benzene rings is 2. The smallest absolute Gasteiger partial charge is 0.406 e. The zero-order chi connectivity index (χ0) is 26.6. The molecule has 1 aliphatic heterocycles. The summed E-state index contributed by atoms with van der Waals surface area (Å²) in [5.74, 6) is -0.827. The molecule has 1 amide bonds. The van der Waals surface area contributed by atoms with Gasteiger partial charge in [-0.2, -0.15) is 18.3 Å². The molecule has 1 aliphatic rings. The Hall–Kier alpha value is -3.13. The van der Waals surface area contributed by atoms with E-state index in [9.17, 15) is 26.4 Å². The number of hydrogen-bond donors (Lipinski definition) is 2. The van der Waals surface area contributed by atoms with Gasteiger partial charge in [0, 0.05) is 23.8 Å². The zero-order valence-electron chi connectivity index (χ0n) is 19.3. The van der Waals surface area contributed by atoms with Crippen molar-refractivity contribution < 1.29 is 31.1 Å². The van der Waals surface area contributed by atoms with Crippen LogP contribution in [0.2, 0.25) is 5.02 Å². The average Bonchev–Trinajstić information content (AvgIpc) is 3.50. The molecule has 0 unspecified atom stereocenters. The highest BCUT2D eigenvalue weighted by Gasteiger charge is 2.40. The van der Waals surface area contributed by atoms with Gasteiger partial charge >= 0.3 is 12.3 Å². The molecule has 4 rings (SSSR count). The van der Waals surface area contributed by atoms with Crippen LogP contribution in [0.5, 0.6) is 5.75 Å². The van der Waals surface area contributed by atoms with Crippen LogP contribution in [0.1, 0.15) is 18.5 Å². The zero-order valence-corrected chi connectivity index (χ0v) is 20.9. The molecular formula is C23H23ClF3N5O4S. The van der Waals surface area contributed by atoms with Gasteiger partial charge in [-0.05, 0) is 68.4 Å². The minimum absolute atomic E-state index is 0.0195. The largest absolute Gasteiger partial charge is 0.437 e. The number of hydrogen-bond acceptors (Lipinski definition) is 6. The predicted molar refractivity (Wildman–Crippen MR) is 131 cm³/mol. The summed E-state index contributed by atoms with van der Waals surface area (Å²) < 4.78 is 74.6. The number of nitrogens with zero attached hydrogens (tertiary/aromatic N) is 3. The van der Waals surface area contributed by atoms with Gasteiger partial charge in [-0.1, -0.05) is 17.7 Å². The van der Waals surface area contributed by atoms with Crippen molar-refractivity contribution in [1.82, 2.24) is 19.4 Å². The van der Waals surface area contributed by atoms with Crippen molar-refractivity contribution in [2.24, 2.45) is 0 Å². The second-order valence-corrected chi connectivity index (χ2v) is 10.4.